The summed E-state index contributed by atoms with van der Waals surface area (Å²) in [6, 6.07) is 11.7. The maximum absolute atomic E-state index is 12.8. The number of benzene rings is 2. The molecule has 1 aliphatic rings. The van der Waals surface area contributed by atoms with E-state index in [2.05, 4.69) is 4.90 Å². The maximum Gasteiger partial charge on any atom is 0.254 e. The first kappa shape index (κ1) is 23.9. The summed E-state index contributed by atoms with van der Waals surface area (Å²) in [5, 5.41) is 0. The third-order valence-corrected chi connectivity index (χ3v) is 6.56. The number of carbonyl (C=O) groups excluding carboxylic acids is 1. The number of rotatable bonds is 9. The summed E-state index contributed by atoms with van der Waals surface area (Å²) >= 11 is 0. The molecule has 0 bridgehead atoms. The summed E-state index contributed by atoms with van der Waals surface area (Å²) in [5.74, 6) is 1.79. The van der Waals surface area contributed by atoms with E-state index in [1.807, 2.05) is 4.90 Å². The zero-order valence-corrected chi connectivity index (χ0v) is 19.6. The van der Waals surface area contributed by atoms with Crippen molar-refractivity contribution in [2.75, 3.05) is 59.8 Å². The van der Waals surface area contributed by atoms with Crippen LogP contribution in [0.15, 0.2) is 47.4 Å². The summed E-state index contributed by atoms with van der Waals surface area (Å²) in [4.78, 5) is 17.3. The molecule has 0 aliphatic carbocycles. The van der Waals surface area contributed by atoms with Crippen molar-refractivity contribution in [2.24, 2.45) is 0 Å². The number of ether oxygens (including phenoxy) is 3. The molecule has 3 rings (SSSR count). The average Bonchev–Trinajstić information content (AvgIpc) is 2.81. The Labute approximate surface area is 189 Å². The van der Waals surface area contributed by atoms with Gasteiger partial charge in [0.15, 0.2) is 21.3 Å². The van der Waals surface area contributed by atoms with Gasteiger partial charge in [0.2, 0.25) is 0 Å². The SMILES string of the molecule is COc1ccc(C(=O)N2CCN(CCCOc3ccc(S(C)(=O)=O)cc3)CC2)cc1OC. The van der Waals surface area contributed by atoms with E-state index >= 15 is 0 Å². The normalized spacial score (nSPS) is 14.8. The van der Waals surface area contributed by atoms with Gasteiger partial charge in [-0.1, -0.05) is 0 Å². The molecule has 0 saturated carbocycles. The second-order valence-corrected chi connectivity index (χ2v) is 9.66. The molecule has 0 unspecified atom stereocenters. The van der Waals surface area contributed by atoms with Crippen LogP contribution in [-0.2, 0) is 9.84 Å². The first-order chi connectivity index (χ1) is 15.3. The van der Waals surface area contributed by atoms with Crippen molar-refractivity contribution in [3.63, 3.8) is 0 Å². The Bertz CT molecular complexity index is 1020. The fourth-order valence-electron chi connectivity index (χ4n) is 3.59. The molecule has 32 heavy (non-hydrogen) atoms. The predicted molar refractivity (Wildman–Crippen MR) is 122 cm³/mol. The third kappa shape index (κ3) is 6.14. The molecule has 0 spiro atoms. The van der Waals surface area contributed by atoms with E-state index in [-0.39, 0.29) is 10.8 Å². The van der Waals surface area contributed by atoms with Crippen LogP contribution in [0.5, 0.6) is 17.2 Å². The minimum Gasteiger partial charge on any atom is -0.494 e. The Kier molecular flexibility index (Phi) is 7.98. The smallest absolute Gasteiger partial charge is 0.254 e. The molecule has 2 aromatic rings. The zero-order valence-electron chi connectivity index (χ0n) is 18.7. The second-order valence-electron chi connectivity index (χ2n) is 7.65. The van der Waals surface area contributed by atoms with Gasteiger partial charge in [0.05, 0.1) is 25.7 Å². The number of sulfone groups is 1. The van der Waals surface area contributed by atoms with Gasteiger partial charge in [0.1, 0.15) is 5.75 Å². The minimum absolute atomic E-state index is 0.00789. The number of nitrogens with zero attached hydrogens (tertiary/aromatic N) is 2. The summed E-state index contributed by atoms with van der Waals surface area (Å²) in [7, 11) is -0.0741. The van der Waals surface area contributed by atoms with Gasteiger partial charge in [-0.25, -0.2) is 8.42 Å². The number of hydrogen-bond donors (Lipinski definition) is 0. The van der Waals surface area contributed by atoms with Crippen LogP contribution in [0.1, 0.15) is 16.8 Å². The lowest BCUT2D eigenvalue weighted by Crippen LogP contribution is -2.49. The number of amides is 1. The summed E-state index contributed by atoms with van der Waals surface area (Å²) in [6.07, 6.45) is 2.03. The number of methoxy groups -OCH3 is 2. The van der Waals surface area contributed by atoms with Crippen LogP contribution >= 0.6 is 0 Å². The molecule has 1 aliphatic heterocycles. The van der Waals surface area contributed by atoms with Crippen molar-refractivity contribution in [1.29, 1.82) is 0 Å². The van der Waals surface area contributed by atoms with Crippen LogP contribution in [-0.4, -0.2) is 83.9 Å². The molecular formula is C23H30N2O6S. The van der Waals surface area contributed by atoms with Crippen molar-refractivity contribution in [3.8, 4) is 17.2 Å². The van der Waals surface area contributed by atoms with Gasteiger partial charge in [0, 0.05) is 44.5 Å². The Morgan fingerprint density at radius 1 is 0.938 bits per heavy atom. The monoisotopic (exact) mass is 462 g/mol. The van der Waals surface area contributed by atoms with Gasteiger partial charge < -0.3 is 19.1 Å². The lowest BCUT2D eigenvalue weighted by Gasteiger charge is -2.34. The van der Waals surface area contributed by atoms with Gasteiger partial charge in [-0.05, 0) is 48.9 Å². The molecule has 0 N–H and O–H groups in total. The van der Waals surface area contributed by atoms with Crippen LogP contribution < -0.4 is 14.2 Å². The van der Waals surface area contributed by atoms with Crippen molar-refractivity contribution < 1.29 is 27.4 Å². The van der Waals surface area contributed by atoms with Gasteiger partial charge in [-0.2, -0.15) is 0 Å². The molecule has 1 fully saturated rings. The number of piperazine rings is 1. The summed E-state index contributed by atoms with van der Waals surface area (Å²) < 4.78 is 39.2. The maximum atomic E-state index is 12.8. The first-order valence-electron chi connectivity index (χ1n) is 10.5. The zero-order chi connectivity index (χ0) is 23.1. The average molecular weight is 463 g/mol. The quantitative estimate of drug-likeness (QED) is 0.529. The molecule has 8 nitrogen and oxygen atoms in total. The van der Waals surface area contributed by atoms with Crippen LogP contribution in [0.4, 0.5) is 0 Å². The van der Waals surface area contributed by atoms with E-state index in [4.69, 9.17) is 14.2 Å². The molecule has 0 aromatic heterocycles. The third-order valence-electron chi connectivity index (χ3n) is 5.43. The molecule has 0 radical (unpaired) electrons. The largest absolute Gasteiger partial charge is 0.494 e. The fraction of sp³-hybridized carbons (Fsp3) is 0.435. The van der Waals surface area contributed by atoms with E-state index in [0.717, 1.165) is 26.1 Å². The standard InChI is InChI=1S/C23H30N2O6S/c1-29-21-10-5-18(17-22(21)30-2)23(26)25-14-12-24(13-15-25)11-4-16-31-19-6-8-20(9-7-19)32(3,27)28/h5-10,17H,4,11-16H2,1-3H3. The predicted octanol–water partition coefficient (Wildman–Crippen LogP) is 2.33. The van der Waals surface area contributed by atoms with Gasteiger partial charge in [-0.15, -0.1) is 0 Å². The number of hydrogen-bond acceptors (Lipinski definition) is 7. The van der Waals surface area contributed by atoms with E-state index in [0.29, 0.717) is 42.5 Å². The number of carbonyl (C=O) groups is 1. The van der Waals surface area contributed by atoms with Gasteiger partial charge >= 0.3 is 0 Å². The van der Waals surface area contributed by atoms with E-state index in [1.54, 1.807) is 56.7 Å². The van der Waals surface area contributed by atoms with E-state index < -0.39 is 9.84 Å². The molecule has 0 atom stereocenters. The highest BCUT2D eigenvalue weighted by atomic mass is 32.2. The lowest BCUT2D eigenvalue weighted by molar-refractivity contribution is 0.0630. The molecular weight excluding hydrogens is 432 g/mol. The molecule has 2 aromatic carbocycles. The fourth-order valence-corrected chi connectivity index (χ4v) is 4.22. The van der Waals surface area contributed by atoms with Crippen molar-refractivity contribution >= 4 is 15.7 Å². The molecule has 1 amide bonds. The molecule has 174 valence electrons. The van der Waals surface area contributed by atoms with Crippen LogP contribution in [0.3, 0.4) is 0 Å². The van der Waals surface area contributed by atoms with Gasteiger partial charge in [0.25, 0.3) is 5.91 Å². The Morgan fingerprint density at radius 2 is 1.59 bits per heavy atom. The van der Waals surface area contributed by atoms with E-state index in [9.17, 15) is 13.2 Å². The molecule has 9 heteroatoms. The van der Waals surface area contributed by atoms with Crippen LogP contribution in [0, 0.1) is 0 Å². The molecule has 1 saturated heterocycles. The topological polar surface area (TPSA) is 85.4 Å². The second kappa shape index (κ2) is 10.7. The molecule has 1 heterocycles. The first-order valence-corrected chi connectivity index (χ1v) is 12.4. The van der Waals surface area contributed by atoms with Crippen LogP contribution in [0.2, 0.25) is 0 Å². The van der Waals surface area contributed by atoms with Gasteiger partial charge in [-0.3, -0.25) is 9.69 Å². The highest BCUT2D eigenvalue weighted by Crippen LogP contribution is 2.28. The Morgan fingerprint density at radius 3 is 2.19 bits per heavy atom. The Hall–Kier alpha value is -2.78. The van der Waals surface area contributed by atoms with Crippen molar-refractivity contribution in [2.45, 2.75) is 11.3 Å². The van der Waals surface area contributed by atoms with Crippen molar-refractivity contribution in [3.05, 3.63) is 48.0 Å². The van der Waals surface area contributed by atoms with Crippen molar-refractivity contribution in [1.82, 2.24) is 9.80 Å². The van der Waals surface area contributed by atoms with E-state index in [1.165, 1.54) is 6.26 Å². The minimum atomic E-state index is -3.20. The summed E-state index contributed by atoms with van der Waals surface area (Å²) in [6.45, 7) is 4.37. The highest BCUT2D eigenvalue weighted by Gasteiger charge is 2.22. The highest BCUT2D eigenvalue weighted by molar-refractivity contribution is 7.90. The Balaban J connectivity index is 1.41. The lowest BCUT2D eigenvalue weighted by atomic mass is 10.1. The van der Waals surface area contributed by atoms with Crippen LogP contribution in [0.25, 0.3) is 0 Å². The summed E-state index contributed by atoms with van der Waals surface area (Å²) in [5.41, 5.74) is 0.589.